The first-order valence-corrected chi connectivity index (χ1v) is 12.8. The van der Waals surface area contributed by atoms with Crippen LogP contribution in [-0.4, -0.2) is 69.9 Å². The van der Waals surface area contributed by atoms with E-state index in [1.807, 2.05) is 0 Å². The molecule has 36 heavy (non-hydrogen) atoms. The van der Waals surface area contributed by atoms with Crippen LogP contribution in [0.4, 0.5) is 5.13 Å². The number of rotatable bonds is 9. The van der Waals surface area contributed by atoms with E-state index in [0.717, 1.165) is 11.3 Å². The zero-order valence-electron chi connectivity index (χ0n) is 20.2. The Morgan fingerprint density at radius 3 is 2.67 bits per heavy atom. The molecule has 0 spiro atoms. The summed E-state index contributed by atoms with van der Waals surface area (Å²) < 4.78 is 10.1. The molecule has 194 valence electrons. The second-order valence-electron chi connectivity index (χ2n) is 8.60. The van der Waals surface area contributed by atoms with Gasteiger partial charge in [-0.25, -0.2) is 9.78 Å². The number of anilines is 1. The number of esters is 2. The van der Waals surface area contributed by atoms with Gasteiger partial charge in [0.05, 0.1) is 5.41 Å². The molecule has 12 nitrogen and oxygen atoms in total. The molecule has 2 atom stereocenters. The summed E-state index contributed by atoms with van der Waals surface area (Å²) in [6.07, 6.45) is 1.46. The summed E-state index contributed by atoms with van der Waals surface area (Å²) in [4.78, 5) is 61.0. The highest BCUT2D eigenvalue weighted by molar-refractivity contribution is 8.00. The Labute approximate surface area is 215 Å². The molecule has 1 aromatic heterocycles. The number of nitrogens with one attached hydrogen (secondary N) is 1. The van der Waals surface area contributed by atoms with Gasteiger partial charge in [-0.15, -0.1) is 23.1 Å². The molecule has 14 heteroatoms. The van der Waals surface area contributed by atoms with Crippen LogP contribution < -0.4 is 11.1 Å². The highest BCUT2D eigenvalue weighted by Crippen LogP contribution is 2.41. The molecule has 0 radical (unpaired) electrons. The van der Waals surface area contributed by atoms with Gasteiger partial charge in [-0.2, -0.15) is 0 Å². The number of thioether (sulfide) groups is 1. The molecule has 0 bridgehead atoms. The van der Waals surface area contributed by atoms with Gasteiger partial charge in [0.1, 0.15) is 29.4 Å². The number of amides is 2. The monoisotopic (exact) mass is 537 g/mol. The highest BCUT2D eigenvalue weighted by atomic mass is 32.2. The number of nitrogens with two attached hydrogens (primary N) is 1. The number of aromatic nitrogens is 1. The minimum atomic E-state index is -0.932. The fourth-order valence-electron chi connectivity index (χ4n) is 3.15. The number of fused-ring (bicyclic) bond motifs is 1. The number of oxime groups is 1. The van der Waals surface area contributed by atoms with Gasteiger partial charge in [-0.3, -0.25) is 19.3 Å². The Morgan fingerprint density at radius 2 is 2.08 bits per heavy atom. The van der Waals surface area contributed by atoms with Crippen LogP contribution in [0.3, 0.4) is 0 Å². The van der Waals surface area contributed by atoms with Gasteiger partial charge in [0.2, 0.25) is 6.79 Å². The number of nitrogens with zero attached hydrogens (tertiary/aromatic N) is 3. The number of thiazole rings is 1. The van der Waals surface area contributed by atoms with E-state index < -0.39 is 47.4 Å². The first-order chi connectivity index (χ1) is 17.0. The van der Waals surface area contributed by atoms with Crippen molar-refractivity contribution in [2.24, 2.45) is 10.6 Å². The lowest BCUT2D eigenvalue weighted by Gasteiger charge is -2.49. The van der Waals surface area contributed by atoms with Crippen molar-refractivity contribution in [2.75, 3.05) is 24.9 Å². The van der Waals surface area contributed by atoms with Crippen LogP contribution in [0.25, 0.3) is 0 Å². The maximum absolute atomic E-state index is 13.0. The van der Waals surface area contributed by atoms with Gasteiger partial charge in [0, 0.05) is 11.1 Å². The van der Waals surface area contributed by atoms with E-state index in [9.17, 15) is 19.2 Å². The number of hydrogen-bond acceptors (Lipinski definition) is 12. The topological polar surface area (TPSA) is 163 Å². The van der Waals surface area contributed by atoms with Crippen LogP contribution in [0.15, 0.2) is 34.5 Å². The number of ether oxygens (including phenoxy) is 2. The van der Waals surface area contributed by atoms with E-state index in [0.29, 0.717) is 11.3 Å². The van der Waals surface area contributed by atoms with E-state index in [1.54, 1.807) is 33.1 Å². The predicted octanol–water partition coefficient (Wildman–Crippen LogP) is 1.40. The van der Waals surface area contributed by atoms with E-state index in [4.69, 9.17) is 20.0 Å². The van der Waals surface area contributed by atoms with Crippen molar-refractivity contribution in [3.63, 3.8) is 0 Å². The number of carbonyl (C=O) groups is 4. The number of β-lactam (4-membered cyclic amide) rings is 1. The van der Waals surface area contributed by atoms with Gasteiger partial charge in [-0.05, 0) is 33.3 Å². The summed E-state index contributed by atoms with van der Waals surface area (Å²) in [5.41, 5.74) is 5.47. The summed E-state index contributed by atoms with van der Waals surface area (Å²) in [7, 11) is 0. The van der Waals surface area contributed by atoms with Gasteiger partial charge in [0.15, 0.2) is 10.8 Å². The maximum Gasteiger partial charge on any atom is 0.358 e. The number of allylic oxidation sites excluding steroid dienone is 1. The predicted molar refractivity (Wildman–Crippen MR) is 133 cm³/mol. The Morgan fingerprint density at radius 1 is 1.36 bits per heavy atom. The lowest BCUT2D eigenvalue weighted by molar-refractivity contribution is -0.173. The molecule has 2 amide bonds. The largest absolute Gasteiger partial charge is 0.427 e. The Kier molecular flexibility index (Phi) is 8.40. The number of carbonyl (C=O) groups excluding carboxylic acids is 4. The first-order valence-electron chi connectivity index (χ1n) is 10.9. The molecular formula is C22H27N5O7S2. The SMILES string of the molecule is C=CC1=C(C(=O)OCOC(=O)C(C)(C)C)N2C(=O)C(NC(=O)C(=NOCC)c3csc(N)n3)[C@@H]2SC1. The third-order valence-electron chi connectivity index (χ3n) is 4.98. The summed E-state index contributed by atoms with van der Waals surface area (Å²) >= 11 is 2.48. The minimum Gasteiger partial charge on any atom is -0.427 e. The molecule has 2 aliphatic rings. The highest BCUT2D eigenvalue weighted by Gasteiger charge is 2.54. The smallest absolute Gasteiger partial charge is 0.358 e. The lowest BCUT2D eigenvalue weighted by Crippen LogP contribution is -2.71. The lowest BCUT2D eigenvalue weighted by atomic mass is 9.98. The molecule has 3 rings (SSSR count). The average molecular weight is 538 g/mol. The Hall–Kier alpha value is -3.39. The molecule has 1 fully saturated rings. The van der Waals surface area contributed by atoms with Crippen molar-refractivity contribution >= 4 is 57.7 Å². The molecule has 2 aliphatic heterocycles. The minimum absolute atomic E-state index is 0.00783. The fourth-order valence-corrected chi connectivity index (χ4v) is 5.04. The average Bonchev–Trinajstić information content (AvgIpc) is 3.26. The second kappa shape index (κ2) is 11.1. The van der Waals surface area contributed by atoms with Crippen molar-refractivity contribution in [3.8, 4) is 0 Å². The standard InChI is InChI=1S/C22H27N5O7S2/c1-6-11-8-35-18-14(25-16(28)13(26-34-7-2)12-9-36-21(23)24-12)17(29)27(18)15(11)19(30)32-10-33-20(31)22(3,4)5/h6,9,14,18H,1,7-8,10H2,2-5H3,(H2,23,24)(H,25,28)/t14?,18-/m0/s1. The van der Waals surface area contributed by atoms with Crippen LogP contribution in [0.1, 0.15) is 33.4 Å². The summed E-state index contributed by atoms with van der Waals surface area (Å²) in [5, 5.41) is 7.69. The molecular weight excluding hydrogens is 510 g/mol. The first kappa shape index (κ1) is 27.2. The van der Waals surface area contributed by atoms with Crippen LogP contribution in [0, 0.1) is 5.41 Å². The van der Waals surface area contributed by atoms with Crippen molar-refractivity contribution in [1.82, 2.24) is 15.2 Å². The van der Waals surface area contributed by atoms with Gasteiger partial charge in [0.25, 0.3) is 11.8 Å². The van der Waals surface area contributed by atoms with E-state index in [-0.39, 0.29) is 28.8 Å². The fraction of sp³-hybridized carbons (Fsp3) is 0.455. The quantitative estimate of drug-likeness (QED) is 0.155. The normalized spacial score (nSPS) is 19.7. The summed E-state index contributed by atoms with van der Waals surface area (Å²) in [6, 6.07) is -0.932. The zero-order valence-corrected chi connectivity index (χ0v) is 21.9. The van der Waals surface area contributed by atoms with Crippen LogP contribution in [0.5, 0.6) is 0 Å². The van der Waals surface area contributed by atoms with Crippen LogP contribution in [0.2, 0.25) is 0 Å². The van der Waals surface area contributed by atoms with Gasteiger partial charge >= 0.3 is 11.9 Å². The second-order valence-corrected chi connectivity index (χ2v) is 10.6. The molecule has 1 unspecified atom stereocenters. The summed E-state index contributed by atoms with van der Waals surface area (Å²) in [5.74, 6) is -2.23. The number of nitrogen functional groups attached to an aromatic ring is 1. The Balaban J connectivity index is 1.71. The van der Waals surface area contributed by atoms with Crippen LogP contribution >= 0.6 is 23.1 Å². The zero-order chi connectivity index (χ0) is 26.6. The van der Waals surface area contributed by atoms with Gasteiger partial charge < -0.3 is 25.4 Å². The van der Waals surface area contributed by atoms with Crippen molar-refractivity contribution in [2.45, 2.75) is 39.1 Å². The maximum atomic E-state index is 13.0. The molecule has 0 aliphatic carbocycles. The van der Waals surface area contributed by atoms with Crippen molar-refractivity contribution in [3.05, 3.63) is 35.0 Å². The van der Waals surface area contributed by atoms with Crippen molar-refractivity contribution in [1.29, 1.82) is 0 Å². The molecule has 3 N–H and O–H groups in total. The molecule has 1 aromatic rings. The third kappa shape index (κ3) is 5.70. The van der Waals surface area contributed by atoms with E-state index in [1.165, 1.54) is 22.7 Å². The van der Waals surface area contributed by atoms with E-state index >= 15 is 0 Å². The molecule has 0 saturated carbocycles. The van der Waals surface area contributed by atoms with E-state index in [2.05, 4.69) is 22.0 Å². The molecule has 3 heterocycles. The molecule has 1 saturated heterocycles. The van der Waals surface area contributed by atoms with Crippen LogP contribution in [-0.2, 0) is 33.5 Å². The molecule has 0 aromatic carbocycles. The number of hydrogen-bond donors (Lipinski definition) is 2. The summed E-state index contributed by atoms with van der Waals surface area (Å²) in [6.45, 7) is 10.0. The van der Waals surface area contributed by atoms with Crippen molar-refractivity contribution < 1.29 is 33.5 Å². The third-order valence-corrected chi connectivity index (χ3v) is 6.96. The Bertz CT molecular complexity index is 1140. The van der Waals surface area contributed by atoms with Gasteiger partial charge in [-0.1, -0.05) is 17.8 Å².